The van der Waals surface area contributed by atoms with Gasteiger partial charge in [0, 0.05) is 0 Å². The zero-order valence-electron chi connectivity index (χ0n) is 16.1. The van der Waals surface area contributed by atoms with Crippen molar-refractivity contribution >= 4 is 11.9 Å². The van der Waals surface area contributed by atoms with Crippen LogP contribution in [-0.4, -0.2) is 26.2 Å². The maximum absolute atomic E-state index is 12.4. The van der Waals surface area contributed by atoms with Crippen LogP contribution in [0.3, 0.4) is 0 Å². The number of ether oxygens (including phenoxy) is 4. The van der Waals surface area contributed by atoms with E-state index in [0.29, 0.717) is 23.7 Å². The topological polar surface area (TPSA) is 71.1 Å². The van der Waals surface area contributed by atoms with Gasteiger partial charge in [-0.2, -0.15) is 0 Å². The van der Waals surface area contributed by atoms with Crippen molar-refractivity contribution in [2.75, 3.05) is 14.2 Å². The second-order valence-electron chi connectivity index (χ2n) is 6.01. The molecule has 6 nitrogen and oxygen atoms in total. The fraction of sp³-hybridized carbons (Fsp3) is 0.130. The van der Waals surface area contributed by atoms with E-state index in [1.54, 1.807) is 42.5 Å². The van der Waals surface area contributed by atoms with Gasteiger partial charge < -0.3 is 18.9 Å². The average Bonchev–Trinajstić information content (AvgIpc) is 2.78. The fourth-order valence-corrected chi connectivity index (χ4v) is 2.66. The molecule has 0 aliphatic heterocycles. The molecular weight excluding hydrogens is 372 g/mol. The van der Waals surface area contributed by atoms with E-state index in [-0.39, 0.29) is 11.3 Å². The first-order chi connectivity index (χ1) is 14.1. The van der Waals surface area contributed by atoms with Crippen molar-refractivity contribution in [1.29, 1.82) is 0 Å². The molecule has 148 valence electrons. The molecule has 0 unspecified atom stereocenters. The summed E-state index contributed by atoms with van der Waals surface area (Å²) in [6, 6.07) is 21.1. The van der Waals surface area contributed by atoms with Crippen molar-refractivity contribution in [2.24, 2.45) is 0 Å². The monoisotopic (exact) mass is 392 g/mol. The van der Waals surface area contributed by atoms with Gasteiger partial charge in [0.05, 0.1) is 19.8 Å². The quantitative estimate of drug-likeness (QED) is 0.546. The smallest absolute Gasteiger partial charge is 0.345 e. The summed E-state index contributed by atoms with van der Waals surface area (Å²) < 4.78 is 21.3. The molecule has 0 atom stereocenters. The highest BCUT2D eigenvalue weighted by Gasteiger charge is 2.20. The van der Waals surface area contributed by atoms with E-state index < -0.39 is 11.9 Å². The molecule has 0 saturated carbocycles. The van der Waals surface area contributed by atoms with Gasteiger partial charge in [-0.15, -0.1) is 0 Å². The van der Waals surface area contributed by atoms with Gasteiger partial charge in [-0.1, -0.05) is 36.4 Å². The minimum absolute atomic E-state index is 0.183. The number of carbonyl (C=O) groups is 2. The molecule has 0 heterocycles. The third-order valence-corrected chi connectivity index (χ3v) is 4.12. The van der Waals surface area contributed by atoms with Crippen LogP contribution >= 0.6 is 0 Å². The maximum atomic E-state index is 12.4. The highest BCUT2D eigenvalue weighted by Crippen LogP contribution is 2.33. The molecule has 29 heavy (non-hydrogen) atoms. The molecule has 0 saturated heterocycles. The number of hydrogen-bond acceptors (Lipinski definition) is 6. The van der Waals surface area contributed by atoms with Crippen LogP contribution in [0.5, 0.6) is 17.2 Å². The van der Waals surface area contributed by atoms with Gasteiger partial charge in [0.1, 0.15) is 29.4 Å². The van der Waals surface area contributed by atoms with Gasteiger partial charge >= 0.3 is 11.9 Å². The SMILES string of the molecule is COC(=O)c1ccc(Oc2cccc(OCc3ccccc3)c2C(=O)OC)cc1. The summed E-state index contributed by atoms with van der Waals surface area (Å²) in [4.78, 5) is 24.0. The molecule has 6 heteroatoms. The first kappa shape index (κ1) is 19.9. The van der Waals surface area contributed by atoms with Crippen molar-refractivity contribution in [2.45, 2.75) is 6.61 Å². The molecule has 0 amide bonds. The molecule has 0 aliphatic carbocycles. The lowest BCUT2D eigenvalue weighted by atomic mass is 10.1. The third kappa shape index (κ3) is 4.93. The van der Waals surface area contributed by atoms with E-state index in [1.807, 2.05) is 30.3 Å². The molecule has 0 fully saturated rings. The number of esters is 2. The molecule has 0 aliphatic rings. The van der Waals surface area contributed by atoms with Crippen molar-refractivity contribution in [1.82, 2.24) is 0 Å². The molecule has 0 N–H and O–H groups in total. The molecule has 3 rings (SSSR count). The number of rotatable bonds is 7. The molecule has 0 aromatic heterocycles. The van der Waals surface area contributed by atoms with Crippen LogP contribution in [0.1, 0.15) is 26.3 Å². The molecule has 0 radical (unpaired) electrons. The third-order valence-electron chi connectivity index (χ3n) is 4.12. The fourth-order valence-electron chi connectivity index (χ4n) is 2.66. The Kier molecular flexibility index (Phi) is 6.47. The van der Waals surface area contributed by atoms with Gasteiger partial charge in [0.25, 0.3) is 0 Å². The summed E-state index contributed by atoms with van der Waals surface area (Å²) in [5.74, 6) is 0.0681. The minimum Gasteiger partial charge on any atom is -0.488 e. The Morgan fingerprint density at radius 1 is 0.724 bits per heavy atom. The predicted octanol–water partition coefficient (Wildman–Crippen LogP) is 4.63. The number of hydrogen-bond donors (Lipinski definition) is 0. The second-order valence-corrected chi connectivity index (χ2v) is 6.01. The average molecular weight is 392 g/mol. The van der Waals surface area contributed by atoms with Crippen LogP contribution < -0.4 is 9.47 Å². The highest BCUT2D eigenvalue weighted by molar-refractivity contribution is 5.95. The Morgan fingerprint density at radius 3 is 2.03 bits per heavy atom. The first-order valence-electron chi connectivity index (χ1n) is 8.86. The zero-order valence-corrected chi connectivity index (χ0v) is 16.1. The summed E-state index contributed by atoms with van der Waals surface area (Å²) in [5, 5.41) is 0. The number of benzene rings is 3. The predicted molar refractivity (Wildman–Crippen MR) is 106 cm³/mol. The van der Waals surface area contributed by atoms with Crippen molar-refractivity contribution in [3.05, 3.63) is 89.5 Å². The summed E-state index contributed by atoms with van der Waals surface area (Å²) >= 11 is 0. The van der Waals surface area contributed by atoms with Gasteiger partial charge in [-0.25, -0.2) is 9.59 Å². The Labute approximate surface area is 168 Å². The lowest BCUT2D eigenvalue weighted by molar-refractivity contribution is 0.0587. The molecule has 0 spiro atoms. The minimum atomic E-state index is -0.574. The summed E-state index contributed by atoms with van der Waals surface area (Å²) in [6.45, 7) is 0.294. The van der Waals surface area contributed by atoms with Crippen LogP contribution in [0, 0.1) is 0 Å². The van der Waals surface area contributed by atoms with Crippen LogP contribution in [0.25, 0.3) is 0 Å². The molecular formula is C23H20O6. The standard InChI is InChI=1S/C23H20O6/c1-26-22(24)17-11-13-18(14-12-17)29-20-10-6-9-19(21(20)23(25)27-2)28-15-16-7-4-3-5-8-16/h3-14H,15H2,1-2H3. The van der Waals surface area contributed by atoms with Crippen LogP contribution in [0.4, 0.5) is 0 Å². The van der Waals surface area contributed by atoms with E-state index in [0.717, 1.165) is 5.56 Å². The van der Waals surface area contributed by atoms with Crippen molar-refractivity contribution in [3.63, 3.8) is 0 Å². The summed E-state index contributed by atoms with van der Waals surface area (Å²) in [5.41, 5.74) is 1.55. The first-order valence-corrected chi connectivity index (χ1v) is 8.86. The lowest BCUT2D eigenvalue weighted by Crippen LogP contribution is -2.08. The lowest BCUT2D eigenvalue weighted by Gasteiger charge is -2.15. The van der Waals surface area contributed by atoms with E-state index in [9.17, 15) is 9.59 Å². The van der Waals surface area contributed by atoms with Crippen molar-refractivity contribution in [3.8, 4) is 17.2 Å². The van der Waals surface area contributed by atoms with E-state index in [4.69, 9.17) is 14.2 Å². The largest absolute Gasteiger partial charge is 0.488 e. The van der Waals surface area contributed by atoms with Gasteiger partial charge in [0.15, 0.2) is 0 Å². The Balaban J connectivity index is 1.86. The van der Waals surface area contributed by atoms with E-state index >= 15 is 0 Å². The number of carbonyl (C=O) groups excluding carboxylic acids is 2. The van der Waals surface area contributed by atoms with Gasteiger partial charge in [0.2, 0.25) is 0 Å². The number of methoxy groups -OCH3 is 2. The highest BCUT2D eigenvalue weighted by atomic mass is 16.5. The van der Waals surface area contributed by atoms with E-state index in [2.05, 4.69) is 4.74 Å². The van der Waals surface area contributed by atoms with Crippen LogP contribution in [0.15, 0.2) is 72.8 Å². The van der Waals surface area contributed by atoms with Crippen LogP contribution in [-0.2, 0) is 16.1 Å². The zero-order chi connectivity index (χ0) is 20.6. The van der Waals surface area contributed by atoms with Gasteiger partial charge in [-0.05, 0) is 42.0 Å². The Bertz CT molecular complexity index is 980. The van der Waals surface area contributed by atoms with Crippen LogP contribution in [0.2, 0.25) is 0 Å². The molecule has 3 aromatic rings. The maximum Gasteiger partial charge on any atom is 0.345 e. The van der Waals surface area contributed by atoms with Crippen molar-refractivity contribution < 1.29 is 28.5 Å². The summed E-state index contributed by atoms with van der Waals surface area (Å²) in [6.07, 6.45) is 0. The normalized spacial score (nSPS) is 10.1. The van der Waals surface area contributed by atoms with Gasteiger partial charge in [-0.3, -0.25) is 0 Å². The summed E-state index contributed by atoms with van der Waals surface area (Å²) in [7, 11) is 2.61. The Hall–Kier alpha value is -3.80. The molecule has 3 aromatic carbocycles. The second kappa shape index (κ2) is 9.41. The van der Waals surface area contributed by atoms with E-state index in [1.165, 1.54) is 14.2 Å². The molecule has 0 bridgehead atoms. The Morgan fingerprint density at radius 2 is 1.38 bits per heavy atom.